The molecule has 5 rings (SSSR count). The second kappa shape index (κ2) is 13.8. The number of esters is 1. The monoisotopic (exact) mass is 802 g/mol. The molecule has 3 aromatic rings. The predicted octanol–water partition coefficient (Wildman–Crippen LogP) is 1.04. The van der Waals surface area contributed by atoms with E-state index in [-0.39, 0.29) is 22.6 Å². The van der Waals surface area contributed by atoms with Gasteiger partial charge in [-0.2, -0.15) is 8.78 Å². The molecule has 0 radical (unpaired) electrons. The number of hydrogen-bond donors (Lipinski definition) is 4. The average Bonchev–Trinajstić information content (AvgIpc) is 3.05. The van der Waals surface area contributed by atoms with E-state index in [0.29, 0.717) is 6.07 Å². The number of carbonyl (C=O) groups is 2. The van der Waals surface area contributed by atoms with Gasteiger partial charge in [0.05, 0.1) is 26.9 Å². The van der Waals surface area contributed by atoms with Gasteiger partial charge in [0.2, 0.25) is 32.8 Å². The van der Waals surface area contributed by atoms with Crippen LogP contribution in [0.1, 0.15) is 27.1 Å². The molecular formula is C30H20F4N3O13S3-. The zero-order chi connectivity index (χ0) is 39.4. The number of ether oxygens (including phenoxy) is 1. The third-order valence-corrected chi connectivity index (χ3v) is 10.7. The molecule has 0 atom stereocenters. The predicted molar refractivity (Wildman–Crippen MR) is 168 cm³/mol. The molecule has 3 aromatic carbocycles. The normalized spacial score (nSPS) is 12.3. The first-order chi connectivity index (χ1) is 24.5. The summed E-state index contributed by atoms with van der Waals surface area (Å²) in [5, 5.41) is 15.0. The number of hydrogen-bond acceptors (Lipinski definition) is 13. The molecule has 0 spiro atoms. The van der Waals surface area contributed by atoms with E-state index in [4.69, 9.17) is 15.6 Å². The van der Waals surface area contributed by atoms with E-state index in [1.807, 2.05) is 4.72 Å². The molecule has 16 nitrogen and oxygen atoms in total. The van der Waals surface area contributed by atoms with Gasteiger partial charge in [-0.05, 0) is 42.3 Å². The molecule has 1 aliphatic heterocycles. The number of nitrogen functional groups attached to an aromatic ring is 1. The second-order valence-corrected chi connectivity index (χ2v) is 15.5. The number of rotatable bonds is 11. The van der Waals surface area contributed by atoms with Crippen molar-refractivity contribution in [1.82, 2.24) is 4.72 Å². The summed E-state index contributed by atoms with van der Waals surface area (Å²) >= 11 is 0. The van der Waals surface area contributed by atoms with Crippen LogP contribution in [0.15, 0.2) is 62.7 Å². The Kier molecular flexibility index (Phi) is 10.1. The van der Waals surface area contributed by atoms with Gasteiger partial charge >= 0.3 is 11.9 Å². The minimum atomic E-state index is -5.55. The second-order valence-electron chi connectivity index (χ2n) is 10.9. The smallest absolute Gasteiger partial charge is 0.343 e. The van der Waals surface area contributed by atoms with Gasteiger partial charge < -0.3 is 29.1 Å². The van der Waals surface area contributed by atoms with E-state index in [9.17, 15) is 66.6 Å². The van der Waals surface area contributed by atoms with Crippen molar-refractivity contribution in [3.05, 3.63) is 88.3 Å². The van der Waals surface area contributed by atoms with Crippen molar-refractivity contribution in [1.29, 1.82) is 0 Å². The molecule has 0 saturated carbocycles. The van der Waals surface area contributed by atoms with Gasteiger partial charge in [-0.3, -0.25) is 5.41 Å². The Morgan fingerprint density at radius 1 is 0.887 bits per heavy atom. The van der Waals surface area contributed by atoms with Crippen molar-refractivity contribution >= 4 is 58.9 Å². The molecule has 2 aliphatic rings. The molecule has 0 aromatic heterocycles. The highest BCUT2D eigenvalue weighted by Crippen LogP contribution is 2.45. The van der Waals surface area contributed by atoms with Crippen LogP contribution < -0.4 is 26.0 Å². The van der Waals surface area contributed by atoms with Crippen molar-refractivity contribution in [2.45, 2.75) is 16.2 Å². The summed E-state index contributed by atoms with van der Waals surface area (Å²) in [6.45, 7) is -0.635. The molecule has 0 saturated heterocycles. The van der Waals surface area contributed by atoms with Gasteiger partial charge in [-0.1, -0.05) is 6.07 Å². The molecule has 0 bridgehead atoms. The number of carbonyl (C=O) groups excluding carboxylic acids is 1. The van der Waals surface area contributed by atoms with Crippen LogP contribution in [0, 0.1) is 23.3 Å². The molecule has 0 amide bonds. The Labute approximate surface area is 294 Å². The minimum absolute atomic E-state index is 0.154. The number of nitrogens with one attached hydrogen (secondary N) is 1. The van der Waals surface area contributed by atoms with Crippen molar-refractivity contribution in [2.75, 3.05) is 18.0 Å². The Morgan fingerprint density at radius 3 is 2.09 bits per heavy atom. The van der Waals surface area contributed by atoms with Crippen molar-refractivity contribution in [2.24, 2.45) is 0 Å². The summed E-state index contributed by atoms with van der Waals surface area (Å²) in [6.07, 6.45) is -0.500. The fourth-order valence-corrected chi connectivity index (χ4v) is 7.78. The molecule has 1 heterocycles. The zero-order valence-electron chi connectivity index (χ0n) is 26.0. The Hall–Kier alpha value is -5.46. The third kappa shape index (κ3) is 7.56. The summed E-state index contributed by atoms with van der Waals surface area (Å²) in [7, 11) is -15.2. The zero-order valence-corrected chi connectivity index (χ0v) is 28.4. The topological polar surface area (TPSA) is 289 Å². The third-order valence-electron chi connectivity index (χ3n) is 7.43. The summed E-state index contributed by atoms with van der Waals surface area (Å²) in [4.78, 5) is 23.4. The number of carboxylic acid groups (broad SMARTS) is 1. The largest absolute Gasteiger partial charge is 0.748 e. The Balaban J connectivity index is 1.80. The summed E-state index contributed by atoms with van der Waals surface area (Å²) in [5.41, 5.74) is 1.89. The molecule has 6 N–H and O–H groups in total. The lowest BCUT2D eigenvalue weighted by atomic mass is 9.89. The van der Waals surface area contributed by atoms with Crippen molar-refractivity contribution in [3.8, 4) is 28.2 Å². The highest BCUT2D eigenvalue weighted by molar-refractivity contribution is 7.90. The fourth-order valence-electron chi connectivity index (χ4n) is 5.21. The molecule has 53 heavy (non-hydrogen) atoms. The molecule has 23 heteroatoms. The first kappa shape index (κ1) is 38.8. The van der Waals surface area contributed by atoms with Crippen LogP contribution in [0.25, 0.3) is 33.4 Å². The minimum Gasteiger partial charge on any atom is -0.748 e. The van der Waals surface area contributed by atoms with Gasteiger partial charge in [0.1, 0.15) is 15.0 Å². The quantitative estimate of drug-likeness (QED) is 0.0212. The number of fused-ring (bicyclic) bond motifs is 2. The Bertz CT molecular complexity index is 2730. The lowest BCUT2D eigenvalue weighted by Gasteiger charge is -2.21. The molecule has 0 fully saturated rings. The van der Waals surface area contributed by atoms with Crippen molar-refractivity contribution in [3.63, 3.8) is 0 Å². The number of carboxylic acids is 1. The van der Waals surface area contributed by atoms with Gasteiger partial charge in [0.15, 0.2) is 27.9 Å². The summed E-state index contributed by atoms with van der Waals surface area (Å²) < 4.78 is 165. The lowest BCUT2D eigenvalue weighted by molar-refractivity contribution is -0.176. The van der Waals surface area contributed by atoms with Gasteiger partial charge in [-0.25, -0.2) is 48.3 Å². The van der Waals surface area contributed by atoms with Crippen LogP contribution in [-0.4, -0.2) is 63.7 Å². The summed E-state index contributed by atoms with van der Waals surface area (Å²) in [5.74, 6) is -15.2. The van der Waals surface area contributed by atoms with Gasteiger partial charge in [0.25, 0.3) is 0 Å². The standard InChI is InChI=1S/C30H21F4N3O13S3/c31-17-11-18(32)23(34)26(22(17)33)50-30(40)12-2-3-13(16(10-12)29(38)39)21-14-4-6-19(35)27(52(44,45)37-8-1-9-51(41,42)43)24(14)49-25-15(21)5-7-20(36)28(25)53(46,47)48/h2-7,10-11,36-37H,1,8-9,35H2,(H,38,39)(H,41,42,43)(H,46,47,48)/p-1. The highest BCUT2D eigenvalue weighted by Gasteiger charge is 2.32. The van der Waals surface area contributed by atoms with Crippen LogP contribution in [-0.2, 0) is 30.3 Å². The van der Waals surface area contributed by atoms with Crippen LogP contribution in [0.5, 0.6) is 5.75 Å². The number of aromatic carboxylic acids is 1. The summed E-state index contributed by atoms with van der Waals surface area (Å²) in [6, 6.07) is 6.30. The maximum atomic E-state index is 14.2. The van der Waals surface area contributed by atoms with Crippen LogP contribution in [0.2, 0.25) is 0 Å². The van der Waals surface area contributed by atoms with E-state index in [0.717, 1.165) is 36.4 Å². The van der Waals surface area contributed by atoms with E-state index >= 15 is 0 Å². The lowest BCUT2D eigenvalue weighted by Crippen LogP contribution is -2.47. The van der Waals surface area contributed by atoms with E-state index in [1.165, 1.54) is 0 Å². The van der Waals surface area contributed by atoms with Gasteiger partial charge in [-0.15, -0.1) is 0 Å². The number of nitrogens with two attached hydrogens (primary N) is 2. The van der Waals surface area contributed by atoms with Crippen LogP contribution in [0.4, 0.5) is 23.2 Å². The van der Waals surface area contributed by atoms with Crippen molar-refractivity contribution < 1.29 is 81.2 Å². The fraction of sp³-hybridized carbons (Fsp3) is 0.100. The van der Waals surface area contributed by atoms with E-state index in [2.05, 4.69) is 4.74 Å². The average molecular weight is 803 g/mol. The van der Waals surface area contributed by atoms with E-state index in [1.54, 1.807) is 0 Å². The number of halogens is 4. The molecule has 0 unspecified atom stereocenters. The Morgan fingerprint density at radius 2 is 1.51 bits per heavy atom. The number of sulfonamides is 1. The van der Waals surface area contributed by atoms with Crippen LogP contribution >= 0.6 is 0 Å². The number of benzene rings is 4. The highest BCUT2D eigenvalue weighted by atomic mass is 32.2. The first-order valence-corrected chi connectivity index (χ1v) is 18.7. The molecule has 280 valence electrons. The van der Waals surface area contributed by atoms with E-state index < -0.39 is 139 Å². The maximum Gasteiger partial charge on any atom is 0.343 e. The maximum absolute atomic E-state index is 14.2. The first-order valence-electron chi connectivity index (χ1n) is 14.3. The SMILES string of the molecule is Nc1ccc2c(-c3ccc(C(=O)Oc4c(F)c(F)cc(F)c4F)cc3C(=O)O)c3ccc(=[NH2+])c(S(=O)(=O)[O-])c-3oc2c1S(=O)(=O)NCCCS(=O)(=O)[O-]. The van der Waals surface area contributed by atoms with Gasteiger partial charge in [0, 0.05) is 40.9 Å². The molecule has 1 aliphatic carbocycles. The number of anilines is 1. The van der Waals surface area contributed by atoms with Crippen LogP contribution in [0.3, 0.4) is 0 Å². The molecular weight excluding hydrogens is 783 g/mol.